The van der Waals surface area contributed by atoms with Gasteiger partial charge in [0.25, 0.3) is 0 Å². The predicted octanol–water partition coefficient (Wildman–Crippen LogP) is 1.02. The largest absolute Gasteiger partial charge is 0.369 e. The lowest BCUT2D eigenvalue weighted by Crippen LogP contribution is -2.49. The molecule has 1 saturated carbocycles. The average Bonchev–Trinajstić information content (AvgIpc) is 3.01. The molecule has 1 saturated heterocycles. The van der Waals surface area contributed by atoms with Gasteiger partial charge in [-0.05, 0) is 49.7 Å². The number of piperidine rings is 1. The van der Waals surface area contributed by atoms with Crippen LogP contribution in [-0.2, 0) is 4.79 Å². The van der Waals surface area contributed by atoms with Gasteiger partial charge in [-0.15, -0.1) is 0 Å². The molecule has 2 aliphatic carbocycles. The topological polar surface area (TPSA) is 58.4 Å². The first-order chi connectivity index (χ1) is 9.13. The maximum atomic E-state index is 11.1. The van der Waals surface area contributed by atoms with Crippen LogP contribution in [-0.4, -0.2) is 35.1 Å². The third-order valence-electron chi connectivity index (χ3n) is 4.77. The van der Waals surface area contributed by atoms with Gasteiger partial charge in [-0.25, -0.2) is 0 Å². The van der Waals surface area contributed by atoms with E-state index >= 15 is 0 Å². The molecule has 3 N–H and O–H groups in total. The molecule has 0 aromatic rings. The van der Waals surface area contributed by atoms with E-state index in [0.29, 0.717) is 12.0 Å². The summed E-state index contributed by atoms with van der Waals surface area (Å²) < 4.78 is 0. The Morgan fingerprint density at radius 3 is 2.53 bits per heavy atom. The lowest BCUT2D eigenvalue weighted by atomic mass is 9.96. The molecule has 1 heterocycles. The van der Waals surface area contributed by atoms with Crippen molar-refractivity contribution in [3.8, 4) is 0 Å². The fraction of sp³-hybridized carbons (Fsp3) is 0.714. The van der Waals surface area contributed by atoms with Crippen molar-refractivity contribution in [1.82, 2.24) is 10.2 Å². The van der Waals surface area contributed by atoms with E-state index in [9.17, 15) is 4.79 Å². The first kappa shape index (κ1) is 12.9. The second-order valence-electron chi connectivity index (χ2n) is 6.00. The van der Waals surface area contributed by atoms with Gasteiger partial charge in [0, 0.05) is 25.0 Å². The monoisotopic (exact) mass is 279 g/mol. The number of nitrogens with zero attached hydrogens (tertiary/aromatic N) is 1. The molecule has 4 nitrogen and oxygen atoms in total. The zero-order chi connectivity index (χ0) is 13.4. The van der Waals surface area contributed by atoms with Crippen molar-refractivity contribution in [1.29, 1.82) is 0 Å². The number of carbonyl (C=O) groups excluding carboxylic acids is 1. The summed E-state index contributed by atoms with van der Waals surface area (Å²) in [6.45, 7) is 1.69. The molecule has 1 amide bonds. The van der Waals surface area contributed by atoms with Gasteiger partial charge < -0.3 is 16.0 Å². The number of allylic oxidation sites excluding steroid dienone is 1. The highest BCUT2D eigenvalue weighted by Crippen LogP contribution is 2.39. The number of carbonyl (C=O) groups is 1. The van der Waals surface area contributed by atoms with Crippen molar-refractivity contribution in [3.63, 3.8) is 0 Å². The molecule has 0 radical (unpaired) electrons. The highest BCUT2D eigenvalue weighted by atomic mass is 32.1. The highest BCUT2D eigenvalue weighted by molar-refractivity contribution is 7.80. The second kappa shape index (κ2) is 5.12. The zero-order valence-electron chi connectivity index (χ0n) is 11.0. The number of likely N-dealkylation sites (tertiary alicyclic amines) is 1. The molecule has 2 bridgehead atoms. The molecule has 3 aliphatic rings. The first-order valence-electron chi connectivity index (χ1n) is 7.16. The van der Waals surface area contributed by atoms with E-state index in [1.807, 2.05) is 0 Å². The molecular weight excluding hydrogens is 258 g/mol. The average molecular weight is 279 g/mol. The van der Waals surface area contributed by atoms with Crippen LogP contribution in [0.4, 0.5) is 0 Å². The number of amides is 1. The molecule has 19 heavy (non-hydrogen) atoms. The van der Waals surface area contributed by atoms with E-state index in [0.717, 1.165) is 37.0 Å². The van der Waals surface area contributed by atoms with Crippen LogP contribution >= 0.6 is 12.2 Å². The van der Waals surface area contributed by atoms with Crippen molar-refractivity contribution in [3.05, 3.63) is 12.2 Å². The van der Waals surface area contributed by atoms with Crippen LogP contribution in [0.5, 0.6) is 0 Å². The van der Waals surface area contributed by atoms with Crippen molar-refractivity contribution in [2.75, 3.05) is 13.1 Å². The van der Waals surface area contributed by atoms with Gasteiger partial charge >= 0.3 is 0 Å². The van der Waals surface area contributed by atoms with Gasteiger partial charge in [-0.1, -0.05) is 12.2 Å². The Morgan fingerprint density at radius 1 is 1.26 bits per heavy atom. The predicted molar refractivity (Wildman–Crippen MR) is 78.4 cm³/mol. The van der Waals surface area contributed by atoms with Crippen LogP contribution in [0.25, 0.3) is 0 Å². The smallest absolute Gasteiger partial charge is 0.220 e. The van der Waals surface area contributed by atoms with Crippen molar-refractivity contribution < 1.29 is 4.79 Å². The van der Waals surface area contributed by atoms with E-state index in [1.165, 1.54) is 12.8 Å². The third kappa shape index (κ3) is 2.61. The van der Waals surface area contributed by atoms with Crippen LogP contribution in [0, 0.1) is 17.8 Å². The number of fused-ring (bicyclic) bond motifs is 2. The Kier molecular flexibility index (Phi) is 3.48. The summed E-state index contributed by atoms with van der Waals surface area (Å²) in [6, 6.07) is 0.511. The molecule has 0 aromatic heterocycles. The normalized spacial score (nSPS) is 33.7. The summed E-state index contributed by atoms with van der Waals surface area (Å²) in [6.07, 6.45) is 8.81. The maximum Gasteiger partial charge on any atom is 0.220 e. The summed E-state index contributed by atoms with van der Waals surface area (Å²) in [5.41, 5.74) is 5.35. The van der Waals surface area contributed by atoms with Crippen LogP contribution in [0.15, 0.2) is 12.2 Å². The molecule has 3 atom stereocenters. The van der Waals surface area contributed by atoms with Gasteiger partial charge in [-0.3, -0.25) is 4.79 Å². The Hall–Kier alpha value is -1.10. The van der Waals surface area contributed by atoms with Crippen molar-refractivity contribution in [2.45, 2.75) is 31.7 Å². The number of nitrogens with one attached hydrogen (secondary N) is 1. The number of rotatable bonds is 2. The van der Waals surface area contributed by atoms with E-state index in [4.69, 9.17) is 18.0 Å². The fourth-order valence-electron chi connectivity index (χ4n) is 3.56. The number of nitrogens with two attached hydrogens (primary N) is 1. The molecule has 0 spiro atoms. The summed E-state index contributed by atoms with van der Waals surface area (Å²) >= 11 is 5.51. The summed E-state index contributed by atoms with van der Waals surface area (Å²) in [4.78, 5) is 13.3. The first-order valence-corrected chi connectivity index (χ1v) is 7.57. The fourth-order valence-corrected chi connectivity index (χ4v) is 3.90. The van der Waals surface area contributed by atoms with E-state index in [-0.39, 0.29) is 11.8 Å². The minimum atomic E-state index is -0.170. The van der Waals surface area contributed by atoms with Crippen LogP contribution < -0.4 is 11.1 Å². The summed E-state index contributed by atoms with van der Waals surface area (Å²) in [5.74, 6) is 1.28. The van der Waals surface area contributed by atoms with Crippen LogP contribution in [0.3, 0.4) is 0 Å². The summed E-state index contributed by atoms with van der Waals surface area (Å²) in [5, 5.41) is 4.37. The van der Waals surface area contributed by atoms with Crippen molar-refractivity contribution in [2.24, 2.45) is 23.5 Å². The minimum Gasteiger partial charge on any atom is -0.369 e. The van der Waals surface area contributed by atoms with Gasteiger partial charge in [0.2, 0.25) is 5.91 Å². The number of thiocarbonyl (C=S) groups is 1. The Labute approximate surface area is 119 Å². The van der Waals surface area contributed by atoms with Gasteiger partial charge in [-0.2, -0.15) is 0 Å². The van der Waals surface area contributed by atoms with E-state index in [1.54, 1.807) is 0 Å². The Morgan fingerprint density at radius 2 is 2.00 bits per heavy atom. The van der Waals surface area contributed by atoms with E-state index < -0.39 is 0 Å². The Balaban J connectivity index is 1.49. The molecular formula is C14H21N3OS. The van der Waals surface area contributed by atoms with Crippen LogP contribution in [0.2, 0.25) is 0 Å². The molecule has 3 rings (SSSR count). The standard InChI is InChI=1S/C14H21N3OS/c15-13(18)10-3-5-17(6-4-10)14(19)16-12-8-9-1-2-11(12)7-9/h1-2,9-12H,3-8H2,(H2,15,18)(H,16,19)/t9-,11-,12+/m0/s1. The molecule has 1 aliphatic heterocycles. The van der Waals surface area contributed by atoms with Crippen molar-refractivity contribution >= 4 is 23.2 Å². The highest BCUT2D eigenvalue weighted by Gasteiger charge is 2.36. The SMILES string of the molecule is NC(=O)C1CCN(C(=S)N[C@@H]2C[C@H]3C=C[C@H]2C3)CC1. The maximum absolute atomic E-state index is 11.1. The quantitative estimate of drug-likeness (QED) is 0.585. The van der Waals surface area contributed by atoms with Gasteiger partial charge in [0.15, 0.2) is 5.11 Å². The number of primary amides is 1. The number of hydrogen-bond donors (Lipinski definition) is 2. The zero-order valence-corrected chi connectivity index (χ0v) is 11.9. The van der Waals surface area contributed by atoms with Crippen LogP contribution in [0.1, 0.15) is 25.7 Å². The van der Waals surface area contributed by atoms with Gasteiger partial charge in [0.05, 0.1) is 0 Å². The molecule has 104 valence electrons. The molecule has 5 heteroatoms. The molecule has 0 aromatic carbocycles. The minimum absolute atomic E-state index is 0.0319. The Bertz CT molecular complexity index is 415. The van der Waals surface area contributed by atoms with E-state index in [2.05, 4.69) is 22.4 Å². The second-order valence-corrected chi connectivity index (χ2v) is 6.39. The lowest BCUT2D eigenvalue weighted by Gasteiger charge is -2.34. The molecule has 2 fully saturated rings. The van der Waals surface area contributed by atoms with Gasteiger partial charge in [0.1, 0.15) is 0 Å². The summed E-state index contributed by atoms with van der Waals surface area (Å²) in [7, 11) is 0. The lowest BCUT2D eigenvalue weighted by molar-refractivity contribution is -0.122. The third-order valence-corrected chi connectivity index (χ3v) is 5.15. The molecule has 0 unspecified atom stereocenters. The number of hydrogen-bond acceptors (Lipinski definition) is 2.